The molecule has 9 heteroatoms. The minimum absolute atomic E-state index is 0.00884. The molecule has 1 unspecified atom stereocenters. The summed E-state index contributed by atoms with van der Waals surface area (Å²) in [5.41, 5.74) is 1.45. The molecule has 142 valence electrons. The number of amides is 1. The summed E-state index contributed by atoms with van der Waals surface area (Å²) < 4.78 is 50.7. The number of carbonyl (C=O) groups excluding carboxylic acids is 1. The Morgan fingerprint density at radius 3 is 2.36 bits per heavy atom. The molecule has 2 N–H and O–H groups in total. The van der Waals surface area contributed by atoms with Crippen LogP contribution in [-0.2, 0) is 24.7 Å². The number of nitrogens with one attached hydrogen (secondary N) is 2. The van der Waals surface area contributed by atoms with Gasteiger partial charge in [0.25, 0.3) is 0 Å². The van der Waals surface area contributed by atoms with Crippen LogP contribution in [0.25, 0.3) is 0 Å². The molecule has 0 heterocycles. The van der Waals surface area contributed by atoms with Crippen LogP contribution in [0.2, 0.25) is 0 Å². The zero-order valence-corrected chi connectivity index (χ0v) is 16.6. The van der Waals surface area contributed by atoms with E-state index in [9.17, 15) is 21.6 Å². The number of benzene rings is 1. The van der Waals surface area contributed by atoms with Gasteiger partial charge in [-0.1, -0.05) is 19.1 Å². The first kappa shape index (κ1) is 21.6. The number of sulfonamides is 1. The molecule has 0 spiro atoms. The standard InChI is InChI=1S/C16H26N2O5S2/c1-5-10-24(20,21)14(4)16(19)17-8-9-18-25(22,23)15-11-12(2)6-7-13(15)3/h6-7,11,14,18H,5,8-10H2,1-4H3,(H,17,19). The van der Waals surface area contributed by atoms with Crippen LogP contribution in [0.4, 0.5) is 0 Å². The Morgan fingerprint density at radius 1 is 1.12 bits per heavy atom. The third-order valence-electron chi connectivity index (χ3n) is 3.75. The molecule has 1 amide bonds. The van der Waals surface area contributed by atoms with E-state index < -0.39 is 31.0 Å². The van der Waals surface area contributed by atoms with Crippen molar-refractivity contribution in [3.63, 3.8) is 0 Å². The van der Waals surface area contributed by atoms with Gasteiger partial charge in [-0.25, -0.2) is 21.6 Å². The van der Waals surface area contributed by atoms with Crippen molar-refractivity contribution in [2.75, 3.05) is 18.8 Å². The van der Waals surface area contributed by atoms with Crippen LogP contribution < -0.4 is 10.0 Å². The summed E-state index contributed by atoms with van der Waals surface area (Å²) in [6.07, 6.45) is 0.440. The van der Waals surface area contributed by atoms with Crippen molar-refractivity contribution in [1.29, 1.82) is 0 Å². The molecule has 0 bridgehead atoms. The molecular formula is C16H26N2O5S2. The molecule has 7 nitrogen and oxygen atoms in total. The lowest BCUT2D eigenvalue weighted by atomic mass is 10.2. The molecule has 0 aliphatic carbocycles. The predicted octanol–water partition coefficient (Wildman–Crippen LogP) is 0.911. The summed E-state index contributed by atoms with van der Waals surface area (Å²) in [4.78, 5) is 12.1. The van der Waals surface area contributed by atoms with Crippen molar-refractivity contribution in [2.45, 2.75) is 44.3 Å². The van der Waals surface area contributed by atoms with Gasteiger partial charge in [-0.2, -0.15) is 0 Å². The molecule has 25 heavy (non-hydrogen) atoms. The monoisotopic (exact) mass is 390 g/mol. The van der Waals surface area contributed by atoms with Gasteiger partial charge in [0.1, 0.15) is 5.25 Å². The number of carbonyl (C=O) groups is 1. The Kier molecular flexibility index (Phi) is 7.58. The average Bonchev–Trinajstić information content (AvgIpc) is 2.52. The molecule has 1 rings (SSSR count). The topological polar surface area (TPSA) is 109 Å². The quantitative estimate of drug-likeness (QED) is 0.609. The summed E-state index contributed by atoms with van der Waals surface area (Å²) in [5.74, 6) is -0.680. The molecule has 0 aromatic heterocycles. The molecule has 0 saturated carbocycles. The van der Waals surface area contributed by atoms with E-state index >= 15 is 0 Å². The third kappa shape index (κ3) is 6.09. The van der Waals surface area contributed by atoms with Gasteiger partial charge in [0.05, 0.1) is 10.6 Å². The first-order chi connectivity index (χ1) is 11.5. The number of hydrogen-bond donors (Lipinski definition) is 2. The fourth-order valence-electron chi connectivity index (χ4n) is 2.21. The van der Waals surface area contributed by atoms with Crippen LogP contribution >= 0.6 is 0 Å². The lowest BCUT2D eigenvalue weighted by molar-refractivity contribution is -0.120. The molecule has 0 radical (unpaired) electrons. The van der Waals surface area contributed by atoms with Gasteiger partial charge in [0.15, 0.2) is 9.84 Å². The molecule has 1 aromatic carbocycles. The third-order valence-corrected chi connectivity index (χ3v) is 7.62. The lowest BCUT2D eigenvalue weighted by Gasteiger charge is -2.14. The molecule has 0 aliphatic heterocycles. The first-order valence-corrected chi connectivity index (χ1v) is 11.3. The molecule has 0 fully saturated rings. The van der Waals surface area contributed by atoms with E-state index in [1.165, 1.54) is 6.92 Å². The fraction of sp³-hybridized carbons (Fsp3) is 0.562. The Hall–Kier alpha value is -1.45. The lowest BCUT2D eigenvalue weighted by Crippen LogP contribution is -2.42. The Morgan fingerprint density at radius 2 is 1.76 bits per heavy atom. The van der Waals surface area contributed by atoms with Gasteiger partial charge in [0, 0.05) is 13.1 Å². The van der Waals surface area contributed by atoms with Crippen LogP contribution in [-0.4, -0.2) is 46.8 Å². The second kappa shape index (κ2) is 8.77. The van der Waals surface area contributed by atoms with Crippen molar-refractivity contribution in [3.05, 3.63) is 29.3 Å². The van der Waals surface area contributed by atoms with Crippen LogP contribution in [0, 0.1) is 13.8 Å². The highest BCUT2D eigenvalue weighted by atomic mass is 32.2. The molecule has 0 aliphatic rings. The SMILES string of the molecule is CCCS(=O)(=O)C(C)C(=O)NCCNS(=O)(=O)c1cc(C)ccc1C. The van der Waals surface area contributed by atoms with Gasteiger partial charge in [0.2, 0.25) is 15.9 Å². The first-order valence-electron chi connectivity index (χ1n) is 8.07. The van der Waals surface area contributed by atoms with E-state index in [0.717, 1.165) is 5.56 Å². The zero-order chi connectivity index (χ0) is 19.3. The predicted molar refractivity (Wildman–Crippen MR) is 97.7 cm³/mol. The Labute approximate surface area is 150 Å². The number of rotatable bonds is 9. The zero-order valence-electron chi connectivity index (χ0n) is 15.0. The van der Waals surface area contributed by atoms with Gasteiger partial charge in [-0.3, -0.25) is 4.79 Å². The van der Waals surface area contributed by atoms with Crippen LogP contribution in [0.15, 0.2) is 23.1 Å². The number of aryl methyl sites for hydroxylation is 2. The summed E-state index contributed by atoms with van der Waals surface area (Å²) in [6, 6.07) is 5.13. The molecule has 0 saturated heterocycles. The number of sulfone groups is 1. The highest BCUT2D eigenvalue weighted by Crippen LogP contribution is 2.16. The van der Waals surface area contributed by atoms with Crippen molar-refractivity contribution in [3.8, 4) is 0 Å². The van der Waals surface area contributed by atoms with Gasteiger partial charge >= 0.3 is 0 Å². The Bertz CT molecular complexity index is 817. The van der Waals surface area contributed by atoms with E-state index in [0.29, 0.717) is 12.0 Å². The maximum atomic E-state index is 12.3. The van der Waals surface area contributed by atoms with E-state index in [-0.39, 0.29) is 23.7 Å². The highest BCUT2D eigenvalue weighted by molar-refractivity contribution is 7.92. The van der Waals surface area contributed by atoms with Crippen LogP contribution in [0.5, 0.6) is 0 Å². The number of hydrogen-bond acceptors (Lipinski definition) is 5. The highest BCUT2D eigenvalue weighted by Gasteiger charge is 2.26. The summed E-state index contributed by atoms with van der Waals surface area (Å²) in [6.45, 7) is 6.55. The molecular weight excluding hydrogens is 364 g/mol. The van der Waals surface area contributed by atoms with E-state index in [1.807, 2.05) is 6.07 Å². The maximum absolute atomic E-state index is 12.3. The second-order valence-corrected chi connectivity index (χ2v) is 10.1. The van der Waals surface area contributed by atoms with E-state index in [1.54, 1.807) is 32.9 Å². The summed E-state index contributed by atoms with van der Waals surface area (Å²) in [5, 5.41) is 1.30. The van der Waals surface area contributed by atoms with Gasteiger partial charge in [-0.15, -0.1) is 0 Å². The van der Waals surface area contributed by atoms with Crippen molar-refractivity contribution in [1.82, 2.24) is 10.0 Å². The summed E-state index contributed by atoms with van der Waals surface area (Å²) >= 11 is 0. The minimum Gasteiger partial charge on any atom is -0.354 e. The van der Waals surface area contributed by atoms with Gasteiger partial charge in [-0.05, 0) is 44.4 Å². The smallest absolute Gasteiger partial charge is 0.240 e. The normalized spacial score (nSPS) is 13.4. The van der Waals surface area contributed by atoms with Crippen molar-refractivity contribution in [2.24, 2.45) is 0 Å². The van der Waals surface area contributed by atoms with Crippen molar-refractivity contribution < 1.29 is 21.6 Å². The van der Waals surface area contributed by atoms with E-state index in [4.69, 9.17) is 0 Å². The Balaban J connectivity index is 2.60. The largest absolute Gasteiger partial charge is 0.354 e. The maximum Gasteiger partial charge on any atom is 0.240 e. The fourth-order valence-corrected chi connectivity index (χ4v) is 4.91. The molecule has 1 atom stereocenters. The summed E-state index contributed by atoms with van der Waals surface area (Å²) in [7, 11) is -7.17. The van der Waals surface area contributed by atoms with Crippen LogP contribution in [0.1, 0.15) is 31.4 Å². The minimum atomic E-state index is -3.69. The van der Waals surface area contributed by atoms with Gasteiger partial charge < -0.3 is 5.32 Å². The van der Waals surface area contributed by atoms with Crippen LogP contribution in [0.3, 0.4) is 0 Å². The van der Waals surface area contributed by atoms with E-state index in [2.05, 4.69) is 10.0 Å². The second-order valence-electron chi connectivity index (χ2n) is 5.97. The average molecular weight is 391 g/mol. The molecule has 1 aromatic rings. The van der Waals surface area contributed by atoms with Crippen molar-refractivity contribution >= 4 is 25.8 Å².